The van der Waals surface area contributed by atoms with E-state index in [1.165, 1.54) is 0 Å². The number of carbonyl (C=O) groups is 1. The van der Waals surface area contributed by atoms with E-state index < -0.39 is 5.97 Å². The zero-order chi connectivity index (χ0) is 11.3. The monoisotopic (exact) mass is 204 g/mol. The van der Waals surface area contributed by atoms with Gasteiger partial charge >= 0.3 is 11.7 Å². The third kappa shape index (κ3) is 3.04. The first-order valence-electron chi connectivity index (χ1n) is 4.63. The lowest BCUT2D eigenvalue weighted by Gasteiger charge is -2.04. The van der Waals surface area contributed by atoms with Crippen molar-refractivity contribution in [3.63, 3.8) is 0 Å². The molecule has 1 aromatic rings. The standard InChI is InChI=1S/C11H12N2O2/c1-8(2)15-11(14)10(13-12)9-6-4-3-5-7-9/h3-8H,1-2H3. The molecule has 0 aliphatic heterocycles. The summed E-state index contributed by atoms with van der Waals surface area (Å²) >= 11 is 0. The van der Waals surface area contributed by atoms with Gasteiger partial charge in [-0.15, -0.1) is 0 Å². The number of nitrogens with zero attached hydrogens (tertiary/aromatic N) is 2. The van der Waals surface area contributed by atoms with Crippen molar-refractivity contribution in [2.75, 3.05) is 0 Å². The summed E-state index contributed by atoms with van der Waals surface area (Å²) in [5, 5.41) is 0. The lowest BCUT2D eigenvalue weighted by atomic mass is 10.1. The molecule has 4 heteroatoms. The van der Waals surface area contributed by atoms with Crippen LogP contribution in [0.4, 0.5) is 0 Å². The van der Waals surface area contributed by atoms with E-state index >= 15 is 0 Å². The van der Waals surface area contributed by atoms with Gasteiger partial charge in [-0.3, -0.25) is 0 Å². The van der Waals surface area contributed by atoms with Gasteiger partial charge in [0.2, 0.25) is 0 Å². The maximum absolute atomic E-state index is 11.5. The minimum Gasteiger partial charge on any atom is -0.454 e. The van der Waals surface area contributed by atoms with Crippen LogP contribution in [0.3, 0.4) is 0 Å². The number of rotatable bonds is 3. The van der Waals surface area contributed by atoms with Crippen molar-refractivity contribution in [3.8, 4) is 0 Å². The SMILES string of the molecule is CC(C)OC(=O)C(=[N+]=[N-])c1ccccc1. The van der Waals surface area contributed by atoms with E-state index in [0.29, 0.717) is 5.56 Å². The molecule has 78 valence electrons. The van der Waals surface area contributed by atoms with E-state index in [4.69, 9.17) is 10.3 Å². The van der Waals surface area contributed by atoms with Crippen LogP contribution in [0, 0.1) is 0 Å². The molecule has 4 nitrogen and oxygen atoms in total. The molecule has 0 radical (unpaired) electrons. The van der Waals surface area contributed by atoms with Crippen molar-refractivity contribution < 1.29 is 14.3 Å². The maximum Gasteiger partial charge on any atom is 0.422 e. The Kier molecular flexibility index (Phi) is 3.77. The Hall–Kier alpha value is -1.93. The van der Waals surface area contributed by atoms with E-state index in [0.717, 1.165) is 0 Å². The zero-order valence-electron chi connectivity index (χ0n) is 8.68. The highest BCUT2D eigenvalue weighted by Gasteiger charge is 2.24. The van der Waals surface area contributed by atoms with Crippen LogP contribution in [0.25, 0.3) is 5.53 Å². The topological polar surface area (TPSA) is 62.7 Å². The Morgan fingerprint density at radius 3 is 2.40 bits per heavy atom. The van der Waals surface area contributed by atoms with Gasteiger partial charge in [0.25, 0.3) is 0 Å². The van der Waals surface area contributed by atoms with Crippen molar-refractivity contribution >= 4 is 11.7 Å². The zero-order valence-corrected chi connectivity index (χ0v) is 8.68. The van der Waals surface area contributed by atoms with Crippen LogP contribution >= 0.6 is 0 Å². The molecule has 0 bridgehead atoms. The summed E-state index contributed by atoms with van der Waals surface area (Å²) < 4.78 is 4.93. The van der Waals surface area contributed by atoms with Crippen molar-refractivity contribution in [3.05, 3.63) is 41.4 Å². The van der Waals surface area contributed by atoms with Crippen LogP contribution in [0.5, 0.6) is 0 Å². The second-order valence-corrected chi connectivity index (χ2v) is 3.27. The average Bonchev–Trinajstić information content (AvgIpc) is 2.19. The number of hydrogen-bond acceptors (Lipinski definition) is 2. The first kappa shape index (κ1) is 11.1. The van der Waals surface area contributed by atoms with Gasteiger partial charge in [-0.2, -0.15) is 4.79 Å². The van der Waals surface area contributed by atoms with Crippen LogP contribution in [0.15, 0.2) is 30.3 Å². The molecule has 0 aliphatic rings. The normalized spacial score (nSPS) is 9.53. The number of benzene rings is 1. The summed E-state index contributed by atoms with van der Waals surface area (Å²) in [6.07, 6.45) is -0.238. The van der Waals surface area contributed by atoms with E-state index in [-0.39, 0.29) is 11.8 Å². The molecule has 0 fully saturated rings. The fourth-order valence-electron chi connectivity index (χ4n) is 1.08. The smallest absolute Gasteiger partial charge is 0.422 e. The highest BCUT2D eigenvalue weighted by atomic mass is 16.5. The first-order chi connectivity index (χ1) is 7.15. The van der Waals surface area contributed by atoms with Crippen molar-refractivity contribution in [2.24, 2.45) is 0 Å². The fourth-order valence-corrected chi connectivity index (χ4v) is 1.08. The summed E-state index contributed by atoms with van der Waals surface area (Å²) in [6, 6.07) is 8.67. The molecule has 0 atom stereocenters. The summed E-state index contributed by atoms with van der Waals surface area (Å²) in [5.41, 5.74) is 9.20. The molecular formula is C11H12N2O2. The summed E-state index contributed by atoms with van der Waals surface area (Å²) in [5.74, 6) is -0.626. The Balaban J connectivity index is 2.92. The lowest BCUT2D eigenvalue weighted by molar-refractivity contribution is -0.143. The predicted molar refractivity (Wildman–Crippen MR) is 55.4 cm³/mol. The molecular weight excluding hydrogens is 192 g/mol. The van der Waals surface area contributed by atoms with Crippen LogP contribution in [0.1, 0.15) is 19.4 Å². The van der Waals surface area contributed by atoms with E-state index in [2.05, 4.69) is 4.79 Å². The molecule has 0 spiro atoms. The summed E-state index contributed by atoms with van der Waals surface area (Å²) in [6.45, 7) is 3.47. The van der Waals surface area contributed by atoms with Crippen LogP contribution in [0.2, 0.25) is 0 Å². The molecule has 0 aromatic heterocycles. The minimum absolute atomic E-state index is 0.0794. The summed E-state index contributed by atoms with van der Waals surface area (Å²) in [4.78, 5) is 14.4. The number of carbonyl (C=O) groups excluding carboxylic acids is 1. The predicted octanol–water partition coefficient (Wildman–Crippen LogP) is 1.66. The Labute approximate surface area is 88.1 Å². The Morgan fingerprint density at radius 2 is 1.93 bits per heavy atom. The van der Waals surface area contributed by atoms with E-state index in [9.17, 15) is 4.79 Å². The second kappa shape index (κ2) is 5.08. The average molecular weight is 204 g/mol. The highest BCUT2D eigenvalue weighted by molar-refractivity contribution is 6.40. The van der Waals surface area contributed by atoms with E-state index in [1.807, 2.05) is 6.07 Å². The molecule has 1 rings (SSSR count). The third-order valence-electron chi connectivity index (χ3n) is 1.68. The molecule has 0 aliphatic carbocycles. The van der Waals surface area contributed by atoms with Gasteiger partial charge in [-0.25, -0.2) is 4.79 Å². The highest BCUT2D eigenvalue weighted by Crippen LogP contribution is 2.02. The maximum atomic E-state index is 11.5. The number of esters is 1. The largest absolute Gasteiger partial charge is 0.454 e. The molecule has 0 saturated carbocycles. The Morgan fingerprint density at radius 1 is 1.33 bits per heavy atom. The van der Waals surface area contributed by atoms with Crippen molar-refractivity contribution in [1.82, 2.24) is 0 Å². The molecule has 0 amide bonds. The Bertz CT molecular complexity index is 392. The molecule has 0 N–H and O–H groups in total. The third-order valence-corrected chi connectivity index (χ3v) is 1.68. The first-order valence-corrected chi connectivity index (χ1v) is 4.63. The molecule has 1 aromatic carbocycles. The van der Waals surface area contributed by atoms with Crippen LogP contribution < -0.4 is 0 Å². The van der Waals surface area contributed by atoms with Crippen LogP contribution in [-0.4, -0.2) is 22.6 Å². The molecule has 15 heavy (non-hydrogen) atoms. The van der Waals surface area contributed by atoms with Crippen LogP contribution in [-0.2, 0) is 9.53 Å². The molecule has 0 saturated heterocycles. The van der Waals surface area contributed by atoms with E-state index in [1.54, 1.807) is 38.1 Å². The number of ether oxygens (including phenoxy) is 1. The minimum atomic E-state index is -0.626. The van der Waals surface area contributed by atoms with Gasteiger partial charge < -0.3 is 10.3 Å². The van der Waals surface area contributed by atoms with Gasteiger partial charge in [0.1, 0.15) is 0 Å². The second-order valence-electron chi connectivity index (χ2n) is 3.27. The van der Waals surface area contributed by atoms with Gasteiger partial charge in [-0.1, -0.05) is 18.2 Å². The summed E-state index contributed by atoms with van der Waals surface area (Å²) in [7, 11) is 0. The van der Waals surface area contributed by atoms with Gasteiger partial charge in [0.15, 0.2) is 0 Å². The lowest BCUT2D eigenvalue weighted by Crippen LogP contribution is -2.22. The molecule has 0 unspecified atom stereocenters. The fraction of sp³-hybridized carbons (Fsp3) is 0.273. The number of hydrogen-bond donors (Lipinski definition) is 0. The van der Waals surface area contributed by atoms with Gasteiger partial charge in [0, 0.05) is 0 Å². The quantitative estimate of drug-likeness (QED) is 0.325. The molecule has 0 heterocycles. The van der Waals surface area contributed by atoms with Gasteiger partial charge in [-0.05, 0) is 26.0 Å². The van der Waals surface area contributed by atoms with Gasteiger partial charge in [0.05, 0.1) is 11.7 Å². The van der Waals surface area contributed by atoms with Crippen molar-refractivity contribution in [1.29, 1.82) is 0 Å². The van der Waals surface area contributed by atoms with Crippen molar-refractivity contribution in [2.45, 2.75) is 20.0 Å².